The minimum atomic E-state index is -0.124. The highest BCUT2D eigenvalue weighted by Gasteiger charge is 2.07. The Balaban J connectivity index is 2.03. The van der Waals surface area contributed by atoms with Gasteiger partial charge in [-0.25, -0.2) is 0 Å². The normalized spacial score (nSPS) is 10.3. The van der Waals surface area contributed by atoms with Crippen LogP contribution in [0.3, 0.4) is 0 Å². The van der Waals surface area contributed by atoms with Crippen molar-refractivity contribution in [2.24, 2.45) is 0 Å². The van der Waals surface area contributed by atoms with Crippen molar-refractivity contribution in [1.82, 2.24) is 10.3 Å². The summed E-state index contributed by atoms with van der Waals surface area (Å²) in [6, 6.07) is 9.93. The lowest BCUT2D eigenvalue weighted by Gasteiger charge is -2.11. The van der Waals surface area contributed by atoms with Crippen LogP contribution in [-0.4, -0.2) is 31.2 Å². The topological polar surface area (TPSA) is 63.2 Å². The van der Waals surface area contributed by atoms with E-state index in [9.17, 15) is 4.79 Å². The lowest BCUT2D eigenvalue weighted by molar-refractivity contribution is 0.0948. The largest absolute Gasteiger partial charge is 0.385 e. The van der Waals surface area contributed by atoms with E-state index in [-0.39, 0.29) is 5.91 Å². The predicted molar refractivity (Wildman–Crippen MR) is 92.2 cm³/mol. The lowest BCUT2D eigenvalue weighted by atomic mass is 10.1. The Morgan fingerprint density at radius 3 is 2.87 bits per heavy atom. The number of amides is 1. The van der Waals surface area contributed by atoms with Gasteiger partial charge in [-0.3, -0.25) is 9.78 Å². The molecule has 0 aliphatic rings. The number of para-hydroxylation sites is 1. The van der Waals surface area contributed by atoms with E-state index in [1.807, 2.05) is 24.3 Å². The van der Waals surface area contributed by atoms with Gasteiger partial charge in [0.1, 0.15) is 0 Å². The molecular weight excluding hydrogens is 290 g/mol. The highest BCUT2D eigenvalue weighted by molar-refractivity contribution is 5.94. The number of carbonyl (C=O) groups excluding carboxylic acids is 1. The van der Waals surface area contributed by atoms with E-state index in [2.05, 4.69) is 28.6 Å². The molecule has 0 fully saturated rings. The van der Waals surface area contributed by atoms with Crippen LogP contribution >= 0.6 is 0 Å². The molecule has 0 saturated heterocycles. The minimum Gasteiger partial charge on any atom is -0.385 e. The second-order valence-corrected chi connectivity index (χ2v) is 5.20. The summed E-state index contributed by atoms with van der Waals surface area (Å²) < 4.78 is 4.96. The summed E-state index contributed by atoms with van der Waals surface area (Å²) in [5.41, 5.74) is 3.60. The van der Waals surface area contributed by atoms with Gasteiger partial charge >= 0.3 is 0 Å². The van der Waals surface area contributed by atoms with Crippen LogP contribution in [0.1, 0.15) is 29.3 Å². The number of pyridine rings is 1. The van der Waals surface area contributed by atoms with E-state index < -0.39 is 0 Å². The molecule has 0 bridgehead atoms. The Bertz CT molecular complexity index is 644. The van der Waals surface area contributed by atoms with Crippen molar-refractivity contribution in [3.63, 3.8) is 0 Å². The van der Waals surface area contributed by atoms with E-state index in [4.69, 9.17) is 4.74 Å². The molecule has 1 amide bonds. The highest BCUT2D eigenvalue weighted by atomic mass is 16.5. The molecular formula is C18H23N3O2. The lowest BCUT2D eigenvalue weighted by Crippen LogP contribution is -2.25. The first-order chi connectivity index (χ1) is 11.2. The number of nitrogens with one attached hydrogen (secondary N) is 2. The van der Waals surface area contributed by atoms with Crippen LogP contribution in [0.15, 0.2) is 42.7 Å². The summed E-state index contributed by atoms with van der Waals surface area (Å²) in [5.74, 6) is -0.124. The first-order valence-electron chi connectivity index (χ1n) is 7.81. The Hall–Kier alpha value is -2.40. The molecule has 0 aliphatic heterocycles. The molecule has 5 heteroatoms. The molecule has 2 aromatic rings. The van der Waals surface area contributed by atoms with Gasteiger partial charge in [0.05, 0.1) is 17.4 Å². The van der Waals surface area contributed by atoms with Gasteiger partial charge in [0.2, 0.25) is 0 Å². The predicted octanol–water partition coefficient (Wildman–Crippen LogP) is 3.15. The van der Waals surface area contributed by atoms with Crippen molar-refractivity contribution in [3.05, 3.63) is 53.9 Å². The fourth-order valence-electron chi connectivity index (χ4n) is 2.26. The first kappa shape index (κ1) is 17.0. The monoisotopic (exact) mass is 313 g/mol. The Labute approximate surface area is 137 Å². The van der Waals surface area contributed by atoms with Gasteiger partial charge < -0.3 is 15.4 Å². The van der Waals surface area contributed by atoms with Crippen LogP contribution in [0.25, 0.3) is 0 Å². The second-order valence-electron chi connectivity index (χ2n) is 5.20. The molecule has 2 rings (SSSR count). The van der Waals surface area contributed by atoms with E-state index >= 15 is 0 Å². The maximum absolute atomic E-state index is 12.1. The standard InChI is InChI=1S/C18H23N3O2/c1-3-14-7-4-5-8-17(14)21-16-11-15(12-19-13-16)18(22)20-9-6-10-23-2/h4-5,7-8,11-13,21H,3,6,9-10H2,1-2H3,(H,20,22). The third kappa shape index (κ3) is 5.07. The summed E-state index contributed by atoms with van der Waals surface area (Å²) in [7, 11) is 1.65. The average molecular weight is 313 g/mol. The number of benzene rings is 1. The molecule has 0 spiro atoms. The highest BCUT2D eigenvalue weighted by Crippen LogP contribution is 2.21. The summed E-state index contributed by atoms with van der Waals surface area (Å²) in [5, 5.41) is 6.19. The molecule has 5 nitrogen and oxygen atoms in total. The summed E-state index contributed by atoms with van der Waals surface area (Å²) in [6.45, 7) is 3.33. The Morgan fingerprint density at radius 2 is 2.09 bits per heavy atom. The summed E-state index contributed by atoms with van der Waals surface area (Å²) in [6.07, 6.45) is 5.02. The average Bonchev–Trinajstić information content (AvgIpc) is 2.59. The number of rotatable bonds is 8. The van der Waals surface area contributed by atoms with Crippen LogP contribution in [0.4, 0.5) is 11.4 Å². The van der Waals surface area contributed by atoms with Crippen LogP contribution in [-0.2, 0) is 11.2 Å². The molecule has 2 N–H and O–H groups in total. The van der Waals surface area contributed by atoms with Gasteiger partial charge in [-0.15, -0.1) is 0 Å². The number of methoxy groups -OCH3 is 1. The molecule has 23 heavy (non-hydrogen) atoms. The van der Waals surface area contributed by atoms with Gasteiger partial charge in [0, 0.05) is 32.1 Å². The van der Waals surface area contributed by atoms with Gasteiger partial charge in [0.25, 0.3) is 5.91 Å². The fourth-order valence-corrected chi connectivity index (χ4v) is 2.26. The first-order valence-corrected chi connectivity index (χ1v) is 7.81. The molecule has 0 radical (unpaired) electrons. The number of aryl methyl sites for hydroxylation is 1. The molecule has 0 aliphatic carbocycles. The molecule has 0 unspecified atom stereocenters. The summed E-state index contributed by atoms with van der Waals surface area (Å²) >= 11 is 0. The third-order valence-corrected chi connectivity index (χ3v) is 3.49. The maximum Gasteiger partial charge on any atom is 0.252 e. The minimum absolute atomic E-state index is 0.124. The Morgan fingerprint density at radius 1 is 1.26 bits per heavy atom. The van der Waals surface area contributed by atoms with Crippen LogP contribution < -0.4 is 10.6 Å². The zero-order valence-electron chi connectivity index (χ0n) is 13.6. The zero-order chi connectivity index (χ0) is 16.5. The van der Waals surface area contributed by atoms with Crippen molar-refractivity contribution in [1.29, 1.82) is 0 Å². The Kier molecular flexibility index (Phi) is 6.56. The molecule has 0 saturated carbocycles. The fraction of sp³-hybridized carbons (Fsp3) is 0.333. The van der Waals surface area contributed by atoms with Crippen molar-refractivity contribution in [3.8, 4) is 0 Å². The molecule has 0 atom stereocenters. The maximum atomic E-state index is 12.1. The number of carbonyl (C=O) groups is 1. The zero-order valence-corrected chi connectivity index (χ0v) is 13.6. The number of aromatic nitrogens is 1. The van der Waals surface area contributed by atoms with Crippen molar-refractivity contribution in [2.45, 2.75) is 19.8 Å². The van der Waals surface area contributed by atoms with E-state index in [1.165, 1.54) is 5.56 Å². The van der Waals surface area contributed by atoms with Crippen LogP contribution in [0.5, 0.6) is 0 Å². The van der Waals surface area contributed by atoms with E-state index in [1.54, 1.807) is 19.5 Å². The molecule has 1 aromatic heterocycles. The van der Waals surface area contributed by atoms with Gasteiger partial charge in [-0.2, -0.15) is 0 Å². The van der Waals surface area contributed by atoms with Crippen LogP contribution in [0, 0.1) is 0 Å². The van der Waals surface area contributed by atoms with Crippen LogP contribution in [0.2, 0.25) is 0 Å². The smallest absolute Gasteiger partial charge is 0.252 e. The van der Waals surface area contributed by atoms with E-state index in [0.717, 1.165) is 24.2 Å². The van der Waals surface area contributed by atoms with Crippen molar-refractivity contribution < 1.29 is 9.53 Å². The SMILES string of the molecule is CCc1ccccc1Nc1cncc(C(=O)NCCCOC)c1. The van der Waals surface area contributed by atoms with Gasteiger partial charge in [-0.1, -0.05) is 25.1 Å². The molecule has 122 valence electrons. The third-order valence-electron chi connectivity index (χ3n) is 3.49. The van der Waals surface area contributed by atoms with E-state index in [0.29, 0.717) is 18.7 Å². The quantitative estimate of drug-likeness (QED) is 0.735. The number of nitrogens with zero attached hydrogens (tertiary/aromatic N) is 1. The summed E-state index contributed by atoms with van der Waals surface area (Å²) in [4.78, 5) is 16.3. The number of ether oxygens (including phenoxy) is 1. The van der Waals surface area contributed by atoms with Crippen molar-refractivity contribution in [2.75, 3.05) is 25.6 Å². The second kappa shape index (κ2) is 8.90. The number of hydrogen-bond donors (Lipinski definition) is 2. The number of hydrogen-bond acceptors (Lipinski definition) is 4. The molecule has 1 aromatic carbocycles. The van der Waals surface area contributed by atoms with Crippen molar-refractivity contribution >= 4 is 17.3 Å². The van der Waals surface area contributed by atoms with Gasteiger partial charge in [-0.05, 0) is 30.5 Å². The number of anilines is 2. The molecule has 1 heterocycles. The van der Waals surface area contributed by atoms with Gasteiger partial charge in [0.15, 0.2) is 0 Å².